The molecule has 0 spiro atoms. The van der Waals surface area contributed by atoms with E-state index in [4.69, 9.17) is 4.74 Å². The molecule has 4 fully saturated rings. The number of amides is 1. The molecule has 0 saturated heterocycles. The minimum atomic E-state index is -1.70. The lowest BCUT2D eigenvalue weighted by molar-refractivity contribution is -0.181. The average Bonchev–Trinajstić information content (AvgIpc) is 3.20. The number of ketones is 2. The van der Waals surface area contributed by atoms with Gasteiger partial charge in [0.15, 0.2) is 12.4 Å². The van der Waals surface area contributed by atoms with Gasteiger partial charge in [0, 0.05) is 29.7 Å². The lowest BCUT2D eigenvalue weighted by Gasteiger charge is -2.59. The van der Waals surface area contributed by atoms with Crippen molar-refractivity contribution in [2.24, 2.45) is 34.5 Å². The van der Waals surface area contributed by atoms with E-state index in [-0.39, 0.29) is 55.1 Å². The summed E-state index contributed by atoms with van der Waals surface area (Å²) in [5.41, 5.74) is -1.90. The van der Waals surface area contributed by atoms with Crippen molar-refractivity contribution in [3.8, 4) is 0 Å². The van der Waals surface area contributed by atoms with Crippen LogP contribution in [0.3, 0.4) is 0 Å². The summed E-state index contributed by atoms with van der Waals surface area (Å²) in [5, 5.41) is 26.2. The number of hydrogen-bond donors (Lipinski definition) is 3. The molecule has 0 aromatic rings. The molecule has 5 aliphatic rings. The van der Waals surface area contributed by atoms with Gasteiger partial charge in [-0.1, -0.05) is 44.8 Å². The van der Waals surface area contributed by atoms with E-state index in [0.717, 1.165) is 31.3 Å². The number of fused-ring (bicyclic) bond motifs is 5. The highest BCUT2D eigenvalue weighted by Crippen LogP contribution is 2.67. The Kier molecular flexibility index (Phi) is 8.14. The highest BCUT2D eigenvalue weighted by atomic mass is 16.5. The first-order valence-electron chi connectivity index (χ1n) is 15.3. The Morgan fingerprint density at radius 3 is 2.58 bits per heavy atom. The first-order valence-corrected chi connectivity index (χ1v) is 15.3. The van der Waals surface area contributed by atoms with Crippen LogP contribution in [0.4, 0.5) is 0 Å². The maximum atomic E-state index is 13.4. The van der Waals surface area contributed by atoms with Gasteiger partial charge in [-0.3, -0.25) is 19.2 Å². The molecule has 7 atom stereocenters. The summed E-state index contributed by atoms with van der Waals surface area (Å²) in [5.74, 6) is -0.832. The van der Waals surface area contributed by atoms with Gasteiger partial charge < -0.3 is 20.3 Å². The van der Waals surface area contributed by atoms with Crippen LogP contribution in [0.2, 0.25) is 0 Å². The van der Waals surface area contributed by atoms with Crippen molar-refractivity contribution in [1.82, 2.24) is 5.32 Å². The number of ether oxygens (including phenoxy) is 1. The summed E-state index contributed by atoms with van der Waals surface area (Å²) in [7, 11) is 0. The number of aliphatic hydroxyl groups excluding tert-OH is 1. The number of hydrogen-bond acceptors (Lipinski definition) is 7. The first-order chi connectivity index (χ1) is 19.0. The average molecular weight is 556 g/mol. The molecule has 4 saturated carbocycles. The van der Waals surface area contributed by atoms with E-state index in [1.807, 2.05) is 13.0 Å². The zero-order chi connectivity index (χ0) is 28.7. The molecule has 40 heavy (non-hydrogen) atoms. The van der Waals surface area contributed by atoms with E-state index in [1.54, 1.807) is 12.2 Å². The van der Waals surface area contributed by atoms with Gasteiger partial charge in [0.05, 0.1) is 12.5 Å². The van der Waals surface area contributed by atoms with Crippen LogP contribution in [0, 0.1) is 34.5 Å². The summed E-state index contributed by atoms with van der Waals surface area (Å²) in [6, 6.07) is 0. The van der Waals surface area contributed by atoms with Gasteiger partial charge in [-0.25, -0.2) is 0 Å². The fourth-order valence-electron chi connectivity index (χ4n) is 9.08. The number of carbonyl (C=O) groups is 4. The first kappa shape index (κ1) is 29.2. The normalized spacial score (nSPS) is 39.0. The Bertz CT molecular complexity index is 1110. The van der Waals surface area contributed by atoms with E-state index >= 15 is 0 Å². The number of allylic oxidation sites excluding steroid dienone is 4. The van der Waals surface area contributed by atoms with Gasteiger partial charge in [0.1, 0.15) is 5.60 Å². The van der Waals surface area contributed by atoms with E-state index in [1.165, 1.54) is 19.3 Å². The molecule has 0 aliphatic heterocycles. The number of aliphatic hydroxyl groups is 2. The van der Waals surface area contributed by atoms with Gasteiger partial charge >= 0.3 is 5.97 Å². The molecular weight excluding hydrogens is 510 g/mol. The van der Waals surface area contributed by atoms with Crippen molar-refractivity contribution in [2.75, 3.05) is 13.2 Å². The Balaban J connectivity index is 1.16. The lowest BCUT2D eigenvalue weighted by atomic mass is 9.46. The monoisotopic (exact) mass is 555 g/mol. The second-order valence-electron chi connectivity index (χ2n) is 13.5. The number of rotatable bonds is 8. The topological polar surface area (TPSA) is 130 Å². The predicted octanol–water partition coefficient (Wildman–Crippen LogP) is 3.59. The van der Waals surface area contributed by atoms with Crippen LogP contribution in [0.1, 0.15) is 90.9 Å². The largest absolute Gasteiger partial charge is 0.458 e. The van der Waals surface area contributed by atoms with Gasteiger partial charge in [-0.2, -0.15) is 0 Å². The van der Waals surface area contributed by atoms with Gasteiger partial charge in [0.2, 0.25) is 11.7 Å². The van der Waals surface area contributed by atoms with E-state index in [9.17, 15) is 29.4 Å². The minimum absolute atomic E-state index is 0.00824. The number of Topliss-reactive ketones (excluding diaryl/α,β-unsaturated/α-hetero) is 1. The third-order valence-corrected chi connectivity index (χ3v) is 11.3. The molecule has 8 nitrogen and oxygen atoms in total. The van der Waals surface area contributed by atoms with Crippen molar-refractivity contribution in [1.29, 1.82) is 0 Å². The maximum absolute atomic E-state index is 13.4. The molecule has 220 valence electrons. The van der Waals surface area contributed by atoms with Crippen molar-refractivity contribution >= 4 is 23.4 Å². The molecule has 5 aliphatic carbocycles. The van der Waals surface area contributed by atoms with Gasteiger partial charge in [-0.15, -0.1) is 0 Å². The second-order valence-corrected chi connectivity index (χ2v) is 13.5. The molecule has 8 heteroatoms. The SMILES string of the molecule is C[C@]12C=CC(=O)C=C1CCC1C2C(O)C[C@@]2(C)C1CC[C@]2(O)C(=O)COC(=O)CCC(=O)NCC1CCCCC1. The van der Waals surface area contributed by atoms with Crippen molar-refractivity contribution in [3.63, 3.8) is 0 Å². The van der Waals surface area contributed by atoms with Crippen LogP contribution in [0.25, 0.3) is 0 Å². The van der Waals surface area contributed by atoms with Gasteiger partial charge in [0.25, 0.3) is 0 Å². The van der Waals surface area contributed by atoms with E-state index < -0.39 is 40.9 Å². The Morgan fingerprint density at radius 1 is 1.07 bits per heavy atom. The zero-order valence-electron chi connectivity index (χ0n) is 24.0. The van der Waals surface area contributed by atoms with Gasteiger partial charge in [-0.05, 0) is 74.9 Å². The fraction of sp³-hybridized carbons (Fsp3) is 0.750. The molecule has 0 aromatic heterocycles. The molecule has 0 radical (unpaired) electrons. The smallest absolute Gasteiger partial charge is 0.306 e. The third kappa shape index (κ3) is 5.11. The Hall–Kier alpha value is -2.32. The summed E-state index contributed by atoms with van der Waals surface area (Å²) in [4.78, 5) is 50.0. The molecule has 5 rings (SSSR count). The summed E-state index contributed by atoms with van der Waals surface area (Å²) in [6.07, 6.45) is 13.0. The van der Waals surface area contributed by atoms with Crippen LogP contribution in [0.15, 0.2) is 23.8 Å². The molecule has 0 aromatic carbocycles. The van der Waals surface area contributed by atoms with Crippen LogP contribution < -0.4 is 5.32 Å². The van der Waals surface area contributed by atoms with Crippen LogP contribution in [0.5, 0.6) is 0 Å². The number of carbonyl (C=O) groups excluding carboxylic acids is 4. The zero-order valence-corrected chi connectivity index (χ0v) is 24.0. The lowest BCUT2D eigenvalue weighted by Crippen LogP contribution is -2.61. The molecular formula is C32H45NO7. The maximum Gasteiger partial charge on any atom is 0.306 e. The van der Waals surface area contributed by atoms with E-state index in [2.05, 4.69) is 12.2 Å². The van der Waals surface area contributed by atoms with Crippen molar-refractivity contribution in [2.45, 2.75) is 103 Å². The fourth-order valence-corrected chi connectivity index (χ4v) is 9.08. The molecule has 0 heterocycles. The van der Waals surface area contributed by atoms with E-state index in [0.29, 0.717) is 18.9 Å². The number of nitrogens with one attached hydrogen (secondary N) is 1. The highest BCUT2D eigenvalue weighted by Gasteiger charge is 2.68. The van der Waals surface area contributed by atoms with Crippen LogP contribution in [-0.4, -0.2) is 58.5 Å². The Morgan fingerprint density at radius 2 is 1.82 bits per heavy atom. The standard InChI is InChI=1S/C32H45NO7/c1-30-14-12-22(34)16-21(30)8-9-23-24-13-15-32(39,31(24,2)17-25(35)29(23)30)26(36)19-40-28(38)11-10-27(37)33-18-20-6-4-3-5-7-20/h12,14,16,20,23-25,29,35,39H,3-11,13,15,17-19H2,1-2H3,(H,33,37)/t23?,24?,25?,29?,30-,31-,32-/m0/s1. The highest BCUT2D eigenvalue weighted by molar-refractivity contribution is 6.01. The Labute approximate surface area is 237 Å². The predicted molar refractivity (Wildman–Crippen MR) is 148 cm³/mol. The summed E-state index contributed by atoms with van der Waals surface area (Å²) in [6.45, 7) is 4.08. The third-order valence-electron chi connectivity index (χ3n) is 11.3. The molecule has 0 bridgehead atoms. The quantitative estimate of drug-likeness (QED) is 0.390. The molecule has 1 amide bonds. The van der Waals surface area contributed by atoms with Crippen LogP contribution >= 0.6 is 0 Å². The molecule has 3 N–H and O–H groups in total. The summed E-state index contributed by atoms with van der Waals surface area (Å²) >= 11 is 0. The van der Waals surface area contributed by atoms with Crippen molar-refractivity contribution < 1.29 is 34.1 Å². The second kappa shape index (κ2) is 11.2. The van der Waals surface area contributed by atoms with Crippen molar-refractivity contribution in [3.05, 3.63) is 23.8 Å². The minimum Gasteiger partial charge on any atom is -0.458 e. The van der Waals surface area contributed by atoms with Crippen LogP contribution in [-0.2, 0) is 23.9 Å². The molecule has 4 unspecified atom stereocenters. The number of esters is 1. The summed E-state index contributed by atoms with van der Waals surface area (Å²) < 4.78 is 5.24.